The highest BCUT2D eigenvalue weighted by Gasteiger charge is 2.49. The van der Waals surface area contributed by atoms with Gasteiger partial charge in [-0.1, -0.05) is 6.07 Å². The molecule has 2 atom stereocenters. The Morgan fingerprint density at radius 1 is 1.25 bits per heavy atom. The highest BCUT2D eigenvalue weighted by atomic mass is 16.2. The zero-order valence-electron chi connectivity index (χ0n) is 11.4. The lowest BCUT2D eigenvalue weighted by Crippen LogP contribution is -2.29. The largest absolute Gasteiger partial charge is 0.325 e. The zero-order chi connectivity index (χ0) is 14.1. The first kappa shape index (κ1) is 11.6. The van der Waals surface area contributed by atoms with Crippen LogP contribution in [0, 0.1) is 11.8 Å². The van der Waals surface area contributed by atoms with Gasteiger partial charge in [-0.15, -0.1) is 0 Å². The summed E-state index contributed by atoms with van der Waals surface area (Å²) in [6.07, 6.45) is 0.877. The standard InChI is InChI=1S/C15H15N3O2/c1-15(2)10-5-7(3-4-11(10)16-14(15)20)12-8-6-9(8)13(19)18-17-12/h3-5,8-9H,6H2,1-2H3,(H,16,20)(H,18,19). The number of anilines is 1. The molecule has 0 saturated heterocycles. The van der Waals surface area contributed by atoms with Gasteiger partial charge < -0.3 is 5.32 Å². The Kier molecular flexibility index (Phi) is 2.02. The Hall–Kier alpha value is -2.17. The van der Waals surface area contributed by atoms with E-state index in [4.69, 9.17) is 0 Å². The second kappa shape index (κ2) is 3.48. The molecule has 2 heterocycles. The Morgan fingerprint density at radius 2 is 2.05 bits per heavy atom. The molecule has 5 heteroatoms. The summed E-state index contributed by atoms with van der Waals surface area (Å²) in [5.74, 6) is 0.378. The fraction of sp³-hybridized carbons (Fsp3) is 0.400. The van der Waals surface area contributed by atoms with Crippen LogP contribution in [0.4, 0.5) is 5.69 Å². The summed E-state index contributed by atoms with van der Waals surface area (Å²) in [6, 6.07) is 5.92. The van der Waals surface area contributed by atoms with Gasteiger partial charge in [-0.05, 0) is 43.5 Å². The van der Waals surface area contributed by atoms with Gasteiger partial charge in [-0.2, -0.15) is 5.10 Å². The van der Waals surface area contributed by atoms with E-state index in [-0.39, 0.29) is 23.7 Å². The number of hydrogen-bond acceptors (Lipinski definition) is 3. The number of benzene rings is 1. The van der Waals surface area contributed by atoms with Gasteiger partial charge in [0, 0.05) is 17.5 Å². The fourth-order valence-corrected chi connectivity index (χ4v) is 3.08. The molecule has 4 rings (SSSR count). The molecule has 20 heavy (non-hydrogen) atoms. The van der Waals surface area contributed by atoms with Crippen LogP contribution in [-0.4, -0.2) is 17.5 Å². The van der Waals surface area contributed by atoms with Crippen LogP contribution < -0.4 is 10.7 Å². The third-order valence-electron chi connectivity index (χ3n) is 4.57. The van der Waals surface area contributed by atoms with Crippen LogP contribution in [0.5, 0.6) is 0 Å². The van der Waals surface area contributed by atoms with Crippen molar-refractivity contribution in [2.75, 3.05) is 5.32 Å². The first-order chi connectivity index (χ1) is 9.48. The molecule has 2 unspecified atom stereocenters. The van der Waals surface area contributed by atoms with Gasteiger partial charge in [0.05, 0.1) is 11.1 Å². The van der Waals surface area contributed by atoms with Gasteiger partial charge in [0.2, 0.25) is 11.8 Å². The number of rotatable bonds is 1. The minimum absolute atomic E-state index is 0.0211. The fourth-order valence-electron chi connectivity index (χ4n) is 3.08. The monoisotopic (exact) mass is 269 g/mol. The average molecular weight is 269 g/mol. The summed E-state index contributed by atoms with van der Waals surface area (Å²) in [6.45, 7) is 3.84. The molecule has 0 aromatic heterocycles. The van der Waals surface area contributed by atoms with Crippen molar-refractivity contribution in [3.05, 3.63) is 29.3 Å². The van der Waals surface area contributed by atoms with E-state index in [2.05, 4.69) is 15.8 Å². The highest BCUT2D eigenvalue weighted by Crippen LogP contribution is 2.45. The lowest BCUT2D eigenvalue weighted by molar-refractivity contribution is -0.122. The van der Waals surface area contributed by atoms with Gasteiger partial charge in [-0.3, -0.25) is 9.59 Å². The number of nitrogens with zero attached hydrogens (tertiary/aromatic N) is 1. The van der Waals surface area contributed by atoms with Crippen LogP contribution in [0.3, 0.4) is 0 Å². The topological polar surface area (TPSA) is 70.6 Å². The maximum Gasteiger partial charge on any atom is 0.243 e. The number of hydrazone groups is 1. The molecule has 1 aliphatic carbocycles. The van der Waals surface area contributed by atoms with Crippen molar-refractivity contribution in [2.45, 2.75) is 25.7 Å². The van der Waals surface area contributed by atoms with Crippen molar-refractivity contribution >= 4 is 23.2 Å². The normalized spacial score (nSPS) is 29.0. The van der Waals surface area contributed by atoms with E-state index in [1.165, 1.54) is 0 Å². The van der Waals surface area contributed by atoms with Crippen molar-refractivity contribution in [1.29, 1.82) is 0 Å². The third-order valence-corrected chi connectivity index (χ3v) is 4.57. The van der Waals surface area contributed by atoms with Gasteiger partial charge in [0.25, 0.3) is 0 Å². The number of carbonyl (C=O) groups is 2. The molecule has 1 aromatic carbocycles. The minimum Gasteiger partial charge on any atom is -0.325 e. The molecule has 5 nitrogen and oxygen atoms in total. The SMILES string of the molecule is CC1(C)C(=O)Nc2ccc(C3=NNC(=O)C4CC34)cc21. The Balaban J connectivity index is 1.78. The van der Waals surface area contributed by atoms with Crippen molar-refractivity contribution < 1.29 is 9.59 Å². The van der Waals surface area contributed by atoms with E-state index in [1.807, 2.05) is 32.0 Å². The molecule has 1 fully saturated rings. The first-order valence-corrected chi connectivity index (χ1v) is 6.82. The summed E-state index contributed by atoms with van der Waals surface area (Å²) in [5.41, 5.74) is 5.87. The minimum atomic E-state index is -0.521. The van der Waals surface area contributed by atoms with E-state index in [1.54, 1.807) is 0 Å². The van der Waals surface area contributed by atoms with Gasteiger partial charge in [0.1, 0.15) is 0 Å². The Morgan fingerprint density at radius 3 is 2.85 bits per heavy atom. The summed E-state index contributed by atoms with van der Waals surface area (Å²) in [5, 5.41) is 7.11. The lowest BCUT2D eigenvalue weighted by atomic mass is 9.84. The molecular formula is C15H15N3O2. The molecule has 0 bridgehead atoms. The summed E-state index contributed by atoms with van der Waals surface area (Å²) in [7, 11) is 0. The van der Waals surface area contributed by atoms with Crippen LogP contribution in [0.1, 0.15) is 31.4 Å². The predicted octanol–water partition coefficient (Wildman–Crippen LogP) is 1.39. The second-order valence-electron chi connectivity index (χ2n) is 6.26. The first-order valence-electron chi connectivity index (χ1n) is 6.82. The van der Waals surface area contributed by atoms with E-state index in [9.17, 15) is 9.59 Å². The van der Waals surface area contributed by atoms with Crippen molar-refractivity contribution in [3.8, 4) is 0 Å². The van der Waals surface area contributed by atoms with Crippen LogP contribution in [0.25, 0.3) is 0 Å². The van der Waals surface area contributed by atoms with E-state index >= 15 is 0 Å². The molecule has 3 aliphatic rings. The highest BCUT2D eigenvalue weighted by molar-refractivity contribution is 6.11. The molecule has 0 radical (unpaired) electrons. The lowest BCUT2D eigenvalue weighted by Gasteiger charge is -2.17. The predicted molar refractivity (Wildman–Crippen MR) is 74.4 cm³/mol. The average Bonchev–Trinajstić information content (AvgIpc) is 3.17. The third kappa shape index (κ3) is 1.40. The van der Waals surface area contributed by atoms with E-state index < -0.39 is 5.41 Å². The number of fused-ring (bicyclic) bond motifs is 2. The van der Waals surface area contributed by atoms with Gasteiger partial charge in [0.15, 0.2) is 0 Å². The number of nitrogens with one attached hydrogen (secondary N) is 2. The van der Waals surface area contributed by atoms with E-state index in [0.29, 0.717) is 0 Å². The second-order valence-corrected chi connectivity index (χ2v) is 6.26. The quantitative estimate of drug-likeness (QED) is 0.808. The molecule has 2 N–H and O–H groups in total. The number of carbonyl (C=O) groups excluding carboxylic acids is 2. The smallest absolute Gasteiger partial charge is 0.243 e. The van der Waals surface area contributed by atoms with Crippen LogP contribution in [0.15, 0.2) is 23.3 Å². The Labute approximate surface area is 116 Å². The summed E-state index contributed by atoms with van der Waals surface area (Å²) < 4.78 is 0. The van der Waals surface area contributed by atoms with E-state index in [0.717, 1.165) is 28.9 Å². The maximum absolute atomic E-state index is 12.0. The molecule has 2 aliphatic heterocycles. The molecule has 102 valence electrons. The van der Waals surface area contributed by atoms with Crippen LogP contribution in [0.2, 0.25) is 0 Å². The molecule has 1 aromatic rings. The summed E-state index contributed by atoms with van der Waals surface area (Å²) >= 11 is 0. The molecule has 2 amide bonds. The van der Waals surface area contributed by atoms with Crippen LogP contribution >= 0.6 is 0 Å². The number of amides is 2. The van der Waals surface area contributed by atoms with Crippen molar-refractivity contribution in [3.63, 3.8) is 0 Å². The zero-order valence-corrected chi connectivity index (χ0v) is 11.4. The molecule has 0 spiro atoms. The van der Waals surface area contributed by atoms with Gasteiger partial charge >= 0.3 is 0 Å². The maximum atomic E-state index is 12.0. The molecule has 1 saturated carbocycles. The Bertz CT molecular complexity index is 690. The van der Waals surface area contributed by atoms with Gasteiger partial charge in [-0.25, -0.2) is 5.43 Å². The number of hydrogen-bond donors (Lipinski definition) is 2. The van der Waals surface area contributed by atoms with Crippen LogP contribution in [-0.2, 0) is 15.0 Å². The summed E-state index contributed by atoms with van der Waals surface area (Å²) in [4.78, 5) is 23.4. The van der Waals surface area contributed by atoms with Crippen molar-refractivity contribution in [1.82, 2.24) is 5.43 Å². The molecular weight excluding hydrogens is 254 g/mol. The van der Waals surface area contributed by atoms with Crippen molar-refractivity contribution in [2.24, 2.45) is 16.9 Å².